The summed E-state index contributed by atoms with van der Waals surface area (Å²) in [5.41, 5.74) is -0.0784. The Bertz CT molecular complexity index is 1110. The molecule has 237 valence electrons. The summed E-state index contributed by atoms with van der Waals surface area (Å²) in [6, 6.07) is 0. The van der Waals surface area contributed by atoms with Crippen molar-refractivity contribution in [3.8, 4) is 0 Å². The Morgan fingerprint density at radius 3 is 2.50 bits per heavy atom. The second-order valence-corrected chi connectivity index (χ2v) is 17.7. The van der Waals surface area contributed by atoms with Crippen LogP contribution in [-0.2, 0) is 13.7 Å². The van der Waals surface area contributed by atoms with Crippen molar-refractivity contribution in [1.82, 2.24) is 0 Å². The summed E-state index contributed by atoms with van der Waals surface area (Å²) >= 11 is 1.14. The van der Waals surface area contributed by atoms with E-state index < -0.39 is 17.6 Å². The first-order valence-electron chi connectivity index (χ1n) is 17.2. The van der Waals surface area contributed by atoms with E-state index in [2.05, 4.69) is 47.6 Å². The van der Waals surface area contributed by atoms with Gasteiger partial charge in [0.1, 0.15) is 0 Å². The average Bonchev–Trinajstić information content (AvgIpc) is 3.50. The lowest BCUT2D eigenvalue weighted by Gasteiger charge is -2.69. The largest absolute Gasteiger partial charge is 0.465 e. The topological polar surface area (TPSA) is 76.0 Å². The van der Waals surface area contributed by atoms with Crippen molar-refractivity contribution in [2.24, 2.45) is 56.2 Å². The molecule has 0 aromatic heterocycles. The third-order valence-electron chi connectivity index (χ3n) is 14.1. The molecule has 9 unspecified atom stereocenters. The van der Waals surface area contributed by atoms with Crippen molar-refractivity contribution in [2.45, 2.75) is 138 Å². The lowest BCUT2D eigenvalue weighted by Crippen LogP contribution is -2.66. The Kier molecular flexibility index (Phi) is 8.10. The van der Waals surface area contributed by atoms with Gasteiger partial charge in [-0.05, 0) is 134 Å². The maximum absolute atomic E-state index is 13.0. The molecule has 1 spiro atoms. The minimum absolute atomic E-state index is 0.00203. The van der Waals surface area contributed by atoms with Crippen LogP contribution < -0.4 is 0 Å². The predicted octanol–water partition coefficient (Wildman–Crippen LogP) is 7.17. The Morgan fingerprint density at radius 1 is 1.14 bits per heavy atom. The van der Waals surface area contributed by atoms with E-state index >= 15 is 0 Å². The Hall–Kier alpha value is -0.495. The first kappa shape index (κ1) is 31.5. The molecule has 42 heavy (non-hydrogen) atoms. The summed E-state index contributed by atoms with van der Waals surface area (Å²) in [5, 5.41) is 24.4. The molecule has 0 aliphatic heterocycles. The zero-order valence-corrected chi connectivity index (χ0v) is 28.6. The smallest absolute Gasteiger partial charge is 0.311 e. The zero-order chi connectivity index (χ0) is 31.8. The van der Waals surface area contributed by atoms with Gasteiger partial charge in [0.2, 0.25) is 7.09 Å². The fraction of sp³-hybridized carbons (Fsp3) is 0.914. The van der Waals surface area contributed by atoms with E-state index in [0.717, 1.165) is 63.3 Å². The van der Waals surface area contributed by atoms with E-state index in [1.165, 1.54) is 12.7 Å². The molecule has 7 heteroatoms. The minimum atomic E-state index is -0.568. The van der Waals surface area contributed by atoms with Crippen molar-refractivity contribution in [3.05, 3.63) is 11.6 Å². The molecule has 0 heterocycles. The molecule has 2 N–H and O–H groups in total. The monoisotopic (exact) mass is 603 g/mol. The molecule has 5 fully saturated rings. The maximum Gasteiger partial charge on any atom is 0.311 e. The number of carbonyl (C=O) groups excluding carboxylic acids is 1. The molecule has 0 bridgehead atoms. The number of aliphatic hydroxyl groups is 2. The fourth-order valence-electron chi connectivity index (χ4n) is 11.9. The van der Waals surface area contributed by atoms with Crippen LogP contribution in [0.1, 0.15) is 120 Å². The Morgan fingerprint density at radius 2 is 1.86 bits per heavy atom. The highest BCUT2D eigenvalue weighted by atomic mass is 32.2. The van der Waals surface area contributed by atoms with E-state index in [4.69, 9.17) is 10.3 Å². The zero-order valence-electron chi connectivity index (χ0n) is 28.8. The molecular formula is C35H58BO5S. The van der Waals surface area contributed by atoms with E-state index in [-0.39, 0.29) is 51.0 Å². The van der Waals surface area contributed by atoms with Crippen molar-refractivity contribution < 1.29 is 23.9 Å². The molecule has 12 atom stereocenters. The van der Waals surface area contributed by atoms with Gasteiger partial charge < -0.3 is 19.1 Å². The van der Waals surface area contributed by atoms with E-state index in [0.29, 0.717) is 24.9 Å². The first-order valence-corrected chi connectivity index (χ1v) is 17.4. The van der Waals surface area contributed by atoms with Crippen LogP contribution in [0, 0.1) is 56.2 Å². The van der Waals surface area contributed by atoms with Crippen LogP contribution in [-0.4, -0.2) is 49.5 Å². The first-order chi connectivity index (χ1) is 19.9. The molecule has 5 aliphatic rings. The van der Waals surface area contributed by atoms with Gasteiger partial charge in [-0.2, -0.15) is 0 Å². The third-order valence-corrected chi connectivity index (χ3v) is 14.5. The normalized spacial score (nSPS) is 49.8. The van der Waals surface area contributed by atoms with Crippen molar-refractivity contribution in [2.75, 3.05) is 6.61 Å². The predicted molar refractivity (Wildman–Crippen MR) is 172 cm³/mol. The number of fused-ring (bicyclic) bond motifs is 6. The molecule has 5 nitrogen and oxygen atoms in total. The molecule has 0 aromatic carbocycles. The summed E-state index contributed by atoms with van der Waals surface area (Å²) in [4.78, 5) is 13.0. The van der Waals surface area contributed by atoms with Gasteiger partial charge in [0.05, 0.1) is 30.3 Å². The molecule has 1 radical (unpaired) electrons. The second-order valence-electron chi connectivity index (χ2n) is 17.3. The fourth-order valence-corrected chi connectivity index (χ4v) is 12.3. The summed E-state index contributed by atoms with van der Waals surface area (Å²) in [7, 11) is 1.27. The van der Waals surface area contributed by atoms with E-state index in [1.54, 1.807) is 0 Å². The minimum Gasteiger partial charge on any atom is -0.465 e. The SMILES string of the molecule is [3H][B]SOC1CC[C@@]2(C)C(CCC3(C)C2C(O)CC2C4(CC4(CCC=C(C)C)COC(=O)C(C)(C)C)[C@@H](O)C[C@@]23C)C1C. The van der Waals surface area contributed by atoms with Gasteiger partial charge in [0.15, 0.2) is 0 Å². The summed E-state index contributed by atoms with van der Waals surface area (Å²) < 4.78 is 19.5. The van der Waals surface area contributed by atoms with Crippen LogP contribution in [0.25, 0.3) is 0 Å². The van der Waals surface area contributed by atoms with Crippen LogP contribution in [0.15, 0.2) is 11.6 Å². The van der Waals surface area contributed by atoms with Crippen molar-refractivity contribution in [1.29, 1.82) is 1.34 Å². The quantitative estimate of drug-likeness (QED) is 0.133. The Balaban J connectivity index is 1.47. The second kappa shape index (κ2) is 10.8. The number of hydrogen-bond donors (Lipinski definition) is 2. The molecule has 0 amide bonds. The average molecular weight is 604 g/mol. The van der Waals surface area contributed by atoms with Crippen LogP contribution in [0.4, 0.5) is 0 Å². The van der Waals surface area contributed by atoms with E-state index in [9.17, 15) is 15.0 Å². The van der Waals surface area contributed by atoms with E-state index in [1.807, 2.05) is 20.8 Å². The lowest BCUT2D eigenvalue weighted by molar-refractivity contribution is -0.239. The number of allylic oxidation sites excluding steroid dienone is 2. The molecule has 0 aromatic rings. The highest BCUT2D eigenvalue weighted by Crippen LogP contribution is 2.85. The van der Waals surface area contributed by atoms with Crippen molar-refractivity contribution >= 4 is 25.0 Å². The summed E-state index contributed by atoms with van der Waals surface area (Å²) in [6.07, 6.45) is 9.78. The van der Waals surface area contributed by atoms with Gasteiger partial charge in [-0.3, -0.25) is 4.79 Å². The number of ether oxygens (including phenoxy) is 1. The number of carbonyl (C=O) groups is 1. The molecule has 5 saturated carbocycles. The number of hydrogen-bond acceptors (Lipinski definition) is 6. The lowest BCUT2D eigenvalue weighted by atomic mass is 9.36. The number of aliphatic hydroxyl groups excluding tert-OH is 2. The molecule has 0 saturated heterocycles. The van der Waals surface area contributed by atoms with Gasteiger partial charge in [-0.1, -0.05) is 51.2 Å². The van der Waals surface area contributed by atoms with Crippen LogP contribution >= 0.6 is 11.9 Å². The molecular weight excluding hydrogens is 543 g/mol. The van der Waals surface area contributed by atoms with Gasteiger partial charge in [0.25, 0.3) is 0 Å². The van der Waals surface area contributed by atoms with Crippen LogP contribution in [0.2, 0.25) is 0 Å². The maximum atomic E-state index is 13.0. The van der Waals surface area contributed by atoms with Gasteiger partial charge in [0, 0.05) is 10.8 Å². The Labute approximate surface area is 262 Å². The van der Waals surface area contributed by atoms with Crippen molar-refractivity contribution in [3.63, 3.8) is 0 Å². The molecule has 5 aliphatic carbocycles. The number of esters is 1. The number of rotatable bonds is 8. The van der Waals surface area contributed by atoms with Gasteiger partial charge >= 0.3 is 5.97 Å². The summed E-state index contributed by atoms with van der Waals surface area (Å²) in [5.74, 6) is 1.01. The van der Waals surface area contributed by atoms with Gasteiger partial charge in [-0.15, -0.1) is 0 Å². The standard InChI is InChI=1S/C35H58BO5S/c1-21(2)11-10-14-34(20-40-29(39)30(4,5)6)19-35(34)26-17-24(37)28-31(7)15-13-25(41-42-36)22(3)23(31)12-16-32(28,8)33(26,9)18-27(35)38/h11,22-28,36-38H,10,12-20H2,1-9H3/t22?,23?,24?,25?,26?,27-,28?,31-,32?,33-,34?,35?/m0/s1/i36T. The van der Waals surface area contributed by atoms with Crippen LogP contribution in [0.5, 0.6) is 0 Å². The third kappa shape index (κ3) is 4.63. The highest BCUT2D eigenvalue weighted by molar-refractivity contribution is 8.15. The summed E-state index contributed by atoms with van der Waals surface area (Å²) in [6.45, 7) is 20.0. The van der Waals surface area contributed by atoms with Crippen LogP contribution in [0.3, 0.4) is 0 Å². The molecule has 5 rings (SSSR count). The highest BCUT2D eigenvalue weighted by Gasteiger charge is 2.83. The van der Waals surface area contributed by atoms with Gasteiger partial charge in [-0.25, -0.2) is 0 Å².